The topological polar surface area (TPSA) is 37.3 Å². The zero-order valence-electron chi connectivity index (χ0n) is 7.26. The molecule has 0 radical (unpaired) electrons. The Morgan fingerprint density at radius 3 is 2.27 bits per heavy atom. The van der Waals surface area contributed by atoms with Crippen LogP contribution >= 0.6 is 0 Å². The molecule has 0 aliphatic rings. The van der Waals surface area contributed by atoms with Crippen LogP contribution in [0.4, 0.5) is 0 Å². The number of aliphatic carboxylic acids is 1. The van der Waals surface area contributed by atoms with Gasteiger partial charge >= 0.3 is 5.97 Å². The maximum absolute atomic E-state index is 10.1. The van der Waals surface area contributed by atoms with E-state index in [1.807, 2.05) is 6.08 Å². The Bertz CT molecular complexity index is 142. The summed E-state index contributed by atoms with van der Waals surface area (Å²) in [5, 5.41) is 8.34. The summed E-state index contributed by atoms with van der Waals surface area (Å²) in [7, 11) is 0. The van der Waals surface area contributed by atoms with Gasteiger partial charge in [-0.05, 0) is 19.3 Å². The predicted octanol–water partition coefficient (Wildman–Crippen LogP) is 2.60. The highest BCUT2D eigenvalue weighted by Gasteiger charge is 1.94. The van der Waals surface area contributed by atoms with Crippen LogP contribution in [0.25, 0.3) is 0 Å². The molecule has 1 N–H and O–H groups in total. The predicted molar refractivity (Wildman–Crippen MR) is 45.5 cm³/mol. The highest BCUT2D eigenvalue weighted by atomic mass is 16.4. The van der Waals surface area contributed by atoms with E-state index in [9.17, 15) is 4.79 Å². The number of carbonyl (C=O) groups is 1. The minimum absolute atomic E-state index is 0.253. The molecular weight excluding hydrogens is 140 g/mol. The van der Waals surface area contributed by atoms with E-state index in [1.54, 1.807) is 0 Å². The summed E-state index contributed by atoms with van der Waals surface area (Å²) in [6.45, 7) is 4.19. The van der Waals surface area contributed by atoms with Crippen molar-refractivity contribution in [3.63, 3.8) is 0 Å². The first-order chi connectivity index (χ1) is 5.20. The SMILES string of the molecule is CCC(=CCCC(=O)O)CC. The van der Waals surface area contributed by atoms with E-state index in [4.69, 9.17) is 5.11 Å². The first kappa shape index (κ1) is 10.2. The van der Waals surface area contributed by atoms with Crippen LogP contribution in [-0.2, 0) is 4.79 Å². The van der Waals surface area contributed by atoms with Crippen molar-refractivity contribution >= 4 is 5.97 Å². The first-order valence-electron chi connectivity index (χ1n) is 4.10. The number of carboxylic acids is 1. The molecule has 2 nitrogen and oxygen atoms in total. The molecule has 0 heterocycles. The van der Waals surface area contributed by atoms with Gasteiger partial charge in [0.2, 0.25) is 0 Å². The quantitative estimate of drug-likeness (QED) is 0.621. The molecule has 0 rings (SSSR count). The van der Waals surface area contributed by atoms with Crippen LogP contribution in [0, 0.1) is 0 Å². The van der Waals surface area contributed by atoms with Crippen LogP contribution in [0.15, 0.2) is 11.6 Å². The third-order valence-electron chi connectivity index (χ3n) is 1.70. The second kappa shape index (κ2) is 5.96. The highest BCUT2D eigenvalue weighted by molar-refractivity contribution is 5.66. The van der Waals surface area contributed by atoms with Crippen molar-refractivity contribution in [1.82, 2.24) is 0 Å². The number of carboxylic acid groups (broad SMARTS) is 1. The van der Waals surface area contributed by atoms with Crippen LogP contribution < -0.4 is 0 Å². The molecule has 0 saturated carbocycles. The molecule has 0 spiro atoms. The number of hydrogen-bond acceptors (Lipinski definition) is 1. The summed E-state index contributed by atoms with van der Waals surface area (Å²) >= 11 is 0. The van der Waals surface area contributed by atoms with Gasteiger partial charge in [0.15, 0.2) is 0 Å². The lowest BCUT2D eigenvalue weighted by atomic mass is 10.1. The summed E-state index contributed by atoms with van der Waals surface area (Å²) in [5.41, 5.74) is 1.35. The maximum Gasteiger partial charge on any atom is 0.303 e. The van der Waals surface area contributed by atoms with Gasteiger partial charge in [-0.3, -0.25) is 4.79 Å². The lowest BCUT2D eigenvalue weighted by Crippen LogP contribution is -1.92. The summed E-state index contributed by atoms with van der Waals surface area (Å²) in [5.74, 6) is -0.715. The smallest absolute Gasteiger partial charge is 0.303 e. The summed E-state index contributed by atoms with van der Waals surface area (Å²) in [6.07, 6.45) is 5.04. The number of rotatable bonds is 5. The van der Waals surface area contributed by atoms with E-state index in [0.29, 0.717) is 6.42 Å². The standard InChI is InChI=1S/C9H16O2/c1-3-8(4-2)6-5-7-9(10)11/h6H,3-5,7H2,1-2H3,(H,10,11). The molecule has 0 aromatic rings. The van der Waals surface area contributed by atoms with Gasteiger partial charge in [-0.2, -0.15) is 0 Å². The number of allylic oxidation sites excluding steroid dienone is 2. The fraction of sp³-hybridized carbons (Fsp3) is 0.667. The molecule has 2 heteroatoms. The minimum Gasteiger partial charge on any atom is -0.481 e. The fourth-order valence-electron chi connectivity index (χ4n) is 0.938. The van der Waals surface area contributed by atoms with Gasteiger partial charge in [0.1, 0.15) is 0 Å². The van der Waals surface area contributed by atoms with Crippen molar-refractivity contribution in [3.8, 4) is 0 Å². The second-order valence-corrected chi connectivity index (χ2v) is 2.50. The van der Waals surface area contributed by atoms with Gasteiger partial charge in [-0.15, -0.1) is 0 Å². The Kier molecular flexibility index (Phi) is 5.53. The van der Waals surface area contributed by atoms with Crippen LogP contribution in [0.3, 0.4) is 0 Å². The van der Waals surface area contributed by atoms with Crippen LogP contribution in [0.5, 0.6) is 0 Å². The van der Waals surface area contributed by atoms with Gasteiger partial charge in [-0.1, -0.05) is 25.5 Å². The van der Waals surface area contributed by atoms with Crippen molar-refractivity contribution in [2.24, 2.45) is 0 Å². The Balaban J connectivity index is 3.61. The lowest BCUT2D eigenvalue weighted by molar-refractivity contribution is -0.136. The van der Waals surface area contributed by atoms with Crippen molar-refractivity contribution in [3.05, 3.63) is 11.6 Å². The monoisotopic (exact) mass is 156 g/mol. The van der Waals surface area contributed by atoms with Crippen molar-refractivity contribution < 1.29 is 9.90 Å². The fourth-order valence-corrected chi connectivity index (χ4v) is 0.938. The molecule has 0 aromatic carbocycles. The van der Waals surface area contributed by atoms with Crippen LogP contribution in [0.2, 0.25) is 0 Å². The number of hydrogen-bond donors (Lipinski definition) is 1. The molecule has 64 valence electrons. The van der Waals surface area contributed by atoms with Gasteiger partial charge < -0.3 is 5.11 Å². The Hall–Kier alpha value is -0.790. The molecule has 0 aromatic heterocycles. The van der Waals surface area contributed by atoms with E-state index in [1.165, 1.54) is 5.57 Å². The zero-order valence-corrected chi connectivity index (χ0v) is 7.26. The molecule has 0 unspecified atom stereocenters. The van der Waals surface area contributed by atoms with Gasteiger partial charge in [0.05, 0.1) is 0 Å². The molecule has 0 saturated heterocycles. The normalized spacial score (nSPS) is 9.27. The molecular formula is C9H16O2. The average molecular weight is 156 g/mol. The lowest BCUT2D eigenvalue weighted by Gasteiger charge is -1.97. The second-order valence-electron chi connectivity index (χ2n) is 2.50. The Labute approximate surface area is 67.9 Å². The molecule has 0 aliphatic carbocycles. The zero-order chi connectivity index (χ0) is 8.69. The highest BCUT2D eigenvalue weighted by Crippen LogP contribution is 2.07. The van der Waals surface area contributed by atoms with Crippen molar-refractivity contribution in [2.45, 2.75) is 39.5 Å². The van der Waals surface area contributed by atoms with Gasteiger partial charge in [-0.25, -0.2) is 0 Å². The van der Waals surface area contributed by atoms with E-state index >= 15 is 0 Å². The third-order valence-corrected chi connectivity index (χ3v) is 1.70. The maximum atomic E-state index is 10.1. The largest absolute Gasteiger partial charge is 0.481 e. The van der Waals surface area contributed by atoms with E-state index in [-0.39, 0.29) is 6.42 Å². The summed E-state index contributed by atoms with van der Waals surface area (Å²) in [6, 6.07) is 0. The molecule has 0 bridgehead atoms. The van der Waals surface area contributed by atoms with E-state index < -0.39 is 5.97 Å². The molecule has 11 heavy (non-hydrogen) atoms. The van der Waals surface area contributed by atoms with E-state index in [2.05, 4.69) is 13.8 Å². The summed E-state index contributed by atoms with van der Waals surface area (Å²) in [4.78, 5) is 10.1. The van der Waals surface area contributed by atoms with Crippen LogP contribution in [-0.4, -0.2) is 11.1 Å². The molecule has 0 aliphatic heterocycles. The summed E-state index contributed by atoms with van der Waals surface area (Å²) < 4.78 is 0. The molecule has 0 amide bonds. The Morgan fingerprint density at radius 2 is 1.91 bits per heavy atom. The van der Waals surface area contributed by atoms with Crippen LogP contribution in [0.1, 0.15) is 39.5 Å². The first-order valence-corrected chi connectivity index (χ1v) is 4.10. The average Bonchev–Trinajstić information content (AvgIpc) is 1.98. The van der Waals surface area contributed by atoms with Gasteiger partial charge in [0, 0.05) is 6.42 Å². The third kappa shape index (κ3) is 5.64. The van der Waals surface area contributed by atoms with Crippen molar-refractivity contribution in [2.75, 3.05) is 0 Å². The van der Waals surface area contributed by atoms with E-state index in [0.717, 1.165) is 12.8 Å². The Morgan fingerprint density at radius 1 is 1.36 bits per heavy atom. The minimum atomic E-state index is -0.715. The molecule has 0 atom stereocenters. The molecule has 0 fully saturated rings. The van der Waals surface area contributed by atoms with Crippen molar-refractivity contribution in [1.29, 1.82) is 0 Å². The van der Waals surface area contributed by atoms with Gasteiger partial charge in [0.25, 0.3) is 0 Å².